The molecule has 0 aromatic heterocycles. The van der Waals surface area contributed by atoms with Gasteiger partial charge in [0.1, 0.15) is 0 Å². The molecule has 22 heavy (non-hydrogen) atoms. The largest absolute Gasteiger partial charge is 0.355 e. The lowest BCUT2D eigenvalue weighted by Crippen LogP contribution is -2.42. The number of hydrogen-bond donors (Lipinski definition) is 2. The van der Waals surface area contributed by atoms with Crippen molar-refractivity contribution in [1.82, 2.24) is 14.9 Å². The molecule has 2 rings (SSSR count). The summed E-state index contributed by atoms with van der Waals surface area (Å²) in [7, 11) is -1.80. The van der Waals surface area contributed by atoms with Crippen LogP contribution >= 0.6 is 11.6 Å². The lowest BCUT2D eigenvalue weighted by molar-refractivity contribution is 0.493. The molecule has 1 aromatic rings. The fraction of sp³-hybridized carbons (Fsp3) is 0.500. The van der Waals surface area contributed by atoms with E-state index < -0.39 is 10.0 Å². The van der Waals surface area contributed by atoms with E-state index in [9.17, 15) is 8.42 Å². The second-order valence-electron chi connectivity index (χ2n) is 5.02. The first-order valence-corrected chi connectivity index (χ1v) is 9.10. The Balaban J connectivity index is 1.82. The molecular weight excluding hydrogens is 324 g/mol. The van der Waals surface area contributed by atoms with Crippen molar-refractivity contribution in [1.29, 1.82) is 0 Å². The first-order valence-electron chi connectivity index (χ1n) is 7.24. The van der Waals surface area contributed by atoms with Gasteiger partial charge in [-0.25, -0.2) is 13.1 Å². The summed E-state index contributed by atoms with van der Waals surface area (Å²) in [5.41, 5.74) is 0. The average Bonchev–Trinajstić information content (AvgIpc) is 3.01. The summed E-state index contributed by atoms with van der Waals surface area (Å²) in [6, 6.07) is 6.21. The number of rotatable bonds is 5. The van der Waals surface area contributed by atoms with Crippen molar-refractivity contribution < 1.29 is 8.42 Å². The monoisotopic (exact) mass is 344 g/mol. The molecule has 0 amide bonds. The molecule has 122 valence electrons. The predicted molar refractivity (Wildman–Crippen MR) is 88.8 cm³/mol. The van der Waals surface area contributed by atoms with Gasteiger partial charge in [0.05, 0.1) is 4.90 Å². The van der Waals surface area contributed by atoms with Crippen LogP contribution in [0.4, 0.5) is 0 Å². The van der Waals surface area contributed by atoms with Gasteiger partial charge < -0.3 is 10.2 Å². The van der Waals surface area contributed by atoms with Crippen molar-refractivity contribution in [3.05, 3.63) is 29.3 Å². The van der Waals surface area contributed by atoms with Gasteiger partial charge in [0, 0.05) is 38.2 Å². The number of nitrogens with zero attached hydrogens (tertiary/aromatic N) is 2. The van der Waals surface area contributed by atoms with Crippen molar-refractivity contribution in [2.45, 2.75) is 17.7 Å². The maximum Gasteiger partial charge on any atom is 0.240 e. The van der Waals surface area contributed by atoms with Gasteiger partial charge >= 0.3 is 0 Å². The Hall–Kier alpha value is -1.31. The lowest BCUT2D eigenvalue weighted by atomic mass is 10.4. The van der Waals surface area contributed by atoms with E-state index in [0.29, 0.717) is 11.6 Å². The minimum atomic E-state index is -3.53. The molecule has 1 heterocycles. The minimum absolute atomic E-state index is 0.170. The van der Waals surface area contributed by atoms with Crippen molar-refractivity contribution in [2.75, 3.05) is 33.2 Å². The molecule has 1 aliphatic rings. The highest BCUT2D eigenvalue weighted by Gasteiger charge is 2.16. The van der Waals surface area contributed by atoms with Crippen LogP contribution in [-0.4, -0.2) is 52.5 Å². The Kier molecular flexibility index (Phi) is 6.05. The highest BCUT2D eigenvalue weighted by Crippen LogP contribution is 2.14. The normalized spacial score (nSPS) is 16.1. The number of aliphatic imine (C=N–C) groups is 1. The highest BCUT2D eigenvalue weighted by atomic mass is 35.5. The molecule has 0 spiro atoms. The maximum atomic E-state index is 12.1. The van der Waals surface area contributed by atoms with Crippen LogP contribution in [0.2, 0.25) is 5.02 Å². The molecule has 2 N–H and O–H groups in total. The van der Waals surface area contributed by atoms with E-state index in [-0.39, 0.29) is 11.4 Å². The third-order valence-corrected chi connectivity index (χ3v) is 5.12. The van der Waals surface area contributed by atoms with Crippen molar-refractivity contribution in [3.8, 4) is 0 Å². The number of guanidine groups is 1. The minimum Gasteiger partial charge on any atom is -0.355 e. The van der Waals surface area contributed by atoms with Crippen LogP contribution in [0.25, 0.3) is 0 Å². The zero-order valence-corrected chi connectivity index (χ0v) is 14.1. The fourth-order valence-electron chi connectivity index (χ4n) is 2.34. The second-order valence-corrected chi connectivity index (χ2v) is 7.23. The van der Waals surface area contributed by atoms with Gasteiger partial charge in [0.2, 0.25) is 10.0 Å². The van der Waals surface area contributed by atoms with Crippen LogP contribution in [0, 0.1) is 0 Å². The van der Waals surface area contributed by atoms with E-state index in [4.69, 9.17) is 11.6 Å². The number of nitrogens with one attached hydrogen (secondary N) is 2. The quantitative estimate of drug-likeness (QED) is 0.479. The van der Waals surface area contributed by atoms with Gasteiger partial charge in [-0.2, -0.15) is 0 Å². The molecule has 1 fully saturated rings. The van der Waals surface area contributed by atoms with E-state index in [1.165, 1.54) is 25.0 Å². The zero-order valence-electron chi connectivity index (χ0n) is 12.5. The molecule has 0 unspecified atom stereocenters. The summed E-state index contributed by atoms with van der Waals surface area (Å²) in [5, 5.41) is 3.57. The molecule has 0 aliphatic carbocycles. The number of likely N-dealkylation sites (tertiary alicyclic amines) is 1. The Morgan fingerprint density at radius 1 is 1.32 bits per heavy atom. The SMILES string of the molecule is CN=C(NCCNS(=O)(=O)c1cccc(Cl)c1)N1CCCC1. The summed E-state index contributed by atoms with van der Waals surface area (Å²) in [6.45, 7) is 2.74. The van der Waals surface area contributed by atoms with Crippen molar-refractivity contribution in [3.63, 3.8) is 0 Å². The Bertz CT molecular complexity index is 627. The van der Waals surface area contributed by atoms with E-state index in [1.54, 1.807) is 19.2 Å². The van der Waals surface area contributed by atoms with Crippen LogP contribution in [-0.2, 0) is 10.0 Å². The van der Waals surface area contributed by atoms with Crippen LogP contribution in [0.1, 0.15) is 12.8 Å². The van der Waals surface area contributed by atoms with Crippen LogP contribution < -0.4 is 10.0 Å². The average molecular weight is 345 g/mol. The smallest absolute Gasteiger partial charge is 0.240 e. The van der Waals surface area contributed by atoms with Gasteiger partial charge in [-0.1, -0.05) is 17.7 Å². The maximum absolute atomic E-state index is 12.1. The highest BCUT2D eigenvalue weighted by molar-refractivity contribution is 7.89. The molecule has 0 atom stereocenters. The van der Waals surface area contributed by atoms with Gasteiger partial charge in [-0.15, -0.1) is 0 Å². The van der Waals surface area contributed by atoms with Crippen LogP contribution in [0.5, 0.6) is 0 Å². The Morgan fingerprint density at radius 2 is 2.05 bits per heavy atom. The van der Waals surface area contributed by atoms with E-state index in [0.717, 1.165) is 19.0 Å². The zero-order chi connectivity index (χ0) is 16.0. The van der Waals surface area contributed by atoms with Gasteiger partial charge in [-0.05, 0) is 31.0 Å². The number of benzene rings is 1. The third-order valence-electron chi connectivity index (χ3n) is 3.42. The number of hydrogen-bond acceptors (Lipinski definition) is 3. The molecule has 0 saturated carbocycles. The Morgan fingerprint density at radius 3 is 2.68 bits per heavy atom. The summed E-state index contributed by atoms with van der Waals surface area (Å²) in [5.74, 6) is 0.819. The third kappa shape index (κ3) is 4.59. The molecule has 0 radical (unpaired) electrons. The second kappa shape index (κ2) is 7.80. The molecular formula is C14H21ClN4O2S. The van der Waals surface area contributed by atoms with E-state index >= 15 is 0 Å². The first kappa shape index (κ1) is 17.1. The summed E-state index contributed by atoms with van der Waals surface area (Å²) in [6.07, 6.45) is 2.34. The van der Waals surface area contributed by atoms with Gasteiger partial charge in [-0.3, -0.25) is 4.99 Å². The van der Waals surface area contributed by atoms with Gasteiger partial charge in [0.25, 0.3) is 0 Å². The molecule has 0 bridgehead atoms. The topological polar surface area (TPSA) is 73.8 Å². The summed E-state index contributed by atoms with van der Waals surface area (Å²) < 4.78 is 26.8. The molecule has 6 nitrogen and oxygen atoms in total. The standard InChI is InChI=1S/C14H21ClN4O2S/c1-16-14(19-9-2-3-10-19)17-7-8-18-22(20,21)13-6-4-5-12(15)11-13/h4-6,11,18H,2-3,7-10H2,1H3,(H,16,17). The molecule has 1 aliphatic heterocycles. The van der Waals surface area contributed by atoms with Crippen LogP contribution in [0.15, 0.2) is 34.2 Å². The van der Waals surface area contributed by atoms with Gasteiger partial charge in [0.15, 0.2) is 5.96 Å². The van der Waals surface area contributed by atoms with E-state index in [1.807, 2.05) is 0 Å². The van der Waals surface area contributed by atoms with Crippen LogP contribution in [0.3, 0.4) is 0 Å². The summed E-state index contributed by atoms with van der Waals surface area (Å²) >= 11 is 5.82. The Labute approximate surface area is 136 Å². The summed E-state index contributed by atoms with van der Waals surface area (Å²) in [4.78, 5) is 6.55. The molecule has 1 aromatic carbocycles. The number of sulfonamides is 1. The lowest BCUT2D eigenvalue weighted by Gasteiger charge is -2.20. The molecule has 8 heteroatoms. The van der Waals surface area contributed by atoms with E-state index in [2.05, 4.69) is 19.9 Å². The number of halogens is 1. The fourth-order valence-corrected chi connectivity index (χ4v) is 3.67. The first-order chi connectivity index (χ1) is 10.5. The van der Waals surface area contributed by atoms with Crippen molar-refractivity contribution in [2.24, 2.45) is 4.99 Å². The molecule has 1 saturated heterocycles. The van der Waals surface area contributed by atoms with Crippen molar-refractivity contribution >= 4 is 27.6 Å². The predicted octanol–water partition coefficient (Wildman–Crippen LogP) is 1.29.